The maximum atomic E-state index is 11.3. The van der Waals surface area contributed by atoms with Crippen LogP contribution in [0, 0.1) is 0 Å². The van der Waals surface area contributed by atoms with Crippen LogP contribution in [0.4, 0.5) is 4.79 Å². The normalized spacial score (nSPS) is 10.0. The zero-order chi connectivity index (χ0) is 13.9. The fraction of sp³-hybridized carbons (Fsp3) is 0.500. The highest BCUT2D eigenvalue weighted by Gasteiger charge is 1.99. The van der Waals surface area contributed by atoms with Gasteiger partial charge in [0.15, 0.2) is 0 Å². The van der Waals surface area contributed by atoms with Crippen molar-refractivity contribution >= 4 is 6.03 Å². The van der Waals surface area contributed by atoms with Crippen molar-refractivity contribution in [1.29, 1.82) is 0 Å². The molecule has 5 nitrogen and oxygen atoms in total. The van der Waals surface area contributed by atoms with Crippen LogP contribution >= 0.6 is 0 Å². The van der Waals surface area contributed by atoms with Crippen molar-refractivity contribution in [2.45, 2.75) is 13.3 Å². The summed E-state index contributed by atoms with van der Waals surface area (Å²) in [6.07, 6.45) is 0.983. The van der Waals surface area contributed by atoms with E-state index in [1.165, 1.54) is 5.56 Å². The Hall–Kier alpha value is -1.75. The lowest BCUT2D eigenvalue weighted by molar-refractivity contribution is 0.195. The number of ether oxygens (including phenoxy) is 2. The minimum Gasteiger partial charge on any atom is -0.492 e. The Morgan fingerprint density at radius 3 is 2.63 bits per heavy atom. The molecule has 0 unspecified atom stereocenters. The summed E-state index contributed by atoms with van der Waals surface area (Å²) in [6, 6.07) is 7.76. The van der Waals surface area contributed by atoms with Gasteiger partial charge in [0.1, 0.15) is 12.4 Å². The minimum atomic E-state index is -0.206. The summed E-state index contributed by atoms with van der Waals surface area (Å²) in [5.41, 5.74) is 1.24. The largest absolute Gasteiger partial charge is 0.492 e. The van der Waals surface area contributed by atoms with Crippen LogP contribution in [0.2, 0.25) is 0 Å². The first kappa shape index (κ1) is 15.3. The Bertz CT molecular complexity index is 383. The van der Waals surface area contributed by atoms with E-state index in [0.717, 1.165) is 12.2 Å². The van der Waals surface area contributed by atoms with Gasteiger partial charge in [-0.3, -0.25) is 0 Å². The van der Waals surface area contributed by atoms with Gasteiger partial charge in [0.05, 0.1) is 13.2 Å². The highest BCUT2D eigenvalue weighted by molar-refractivity contribution is 5.73. The second-order valence-electron chi connectivity index (χ2n) is 4.02. The molecule has 0 spiro atoms. The molecule has 1 aromatic carbocycles. The molecule has 0 aliphatic heterocycles. The van der Waals surface area contributed by atoms with Crippen LogP contribution in [0.15, 0.2) is 24.3 Å². The molecule has 0 aromatic heterocycles. The molecule has 0 heterocycles. The minimum absolute atomic E-state index is 0.206. The Morgan fingerprint density at radius 1 is 1.21 bits per heavy atom. The van der Waals surface area contributed by atoms with Crippen LogP contribution in [0.3, 0.4) is 0 Å². The van der Waals surface area contributed by atoms with Gasteiger partial charge in [-0.05, 0) is 24.1 Å². The highest BCUT2D eigenvalue weighted by atomic mass is 16.5. The van der Waals surface area contributed by atoms with Gasteiger partial charge in [0.2, 0.25) is 0 Å². The van der Waals surface area contributed by atoms with Gasteiger partial charge in [-0.1, -0.05) is 19.1 Å². The van der Waals surface area contributed by atoms with E-state index in [1.54, 1.807) is 7.11 Å². The Kier molecular flexibility index (Phi) is 7.43. The first-order valence-corrected chi connectivity index (χ1v) is 6.48. The predicted octanol–water partition coefficient (Wildman–Crippen LogP) is 1.57. The van der Waals surface area contributed by atoms with Crippen LogP contribution in [-0.4, -0.2) is 39.4 Å². The molecule has 0 saturated heterocycles. The van der Waals surface area contributed by atoms with Crippen molar-refractivity contribution in [3.05, 3.63) is 29.8 Å². The summed E-state index contributed by atoms with van der Waals surface area (Å²) in [4.78, 5) is 11.3. The molecule has 19 heavy (non-hydrogen) atoms. The molecule has 2 N–H and O–H groups in total. The monoisotopic (exact) mass is 266 g/mol. The second-order valence-corrected chi connectivity index (χ2v) is 4.02. The lowest BCUT2D eigenvalue weighted by atomic mass is 10.2. The van der Waals surface area contributed by atoms with E-state index in [0.29, 0.717) is 26.3 Å². The summed E-state index contributed by atoms with van der Waals surface area (Å²) in [7, 11) is 1.60. The molecular formula is C14H22N2O3. The number of aryl methyl sites for hydroxylation is 1. The fourth-order valence-corrected chi connectivity index (χ4v) is 1.52. The number of nitrogens with one attached hydrogen (secondary N) is 2. The molecular weight excluding hydrogens is 244 g/mol. The maximum absolute atomic E-state index is 11.3. The molecule has 0 aliphatic rings. The van der Waals surface area contributed by atoms with Crippen molar-refractivity contribution < 1.29 is 14.3 Å². The van der Waals surface area contributed by atoms with E-state index in [4.69, 9.17) is 9.47 Å². The van der Waals surface area contributed by atoms with Crippen molar-refractivity contribution in [3.8, 4) is 5.75 Å². The molecule has 106 valence electrons. The summed E-state index contributed by atoms with van der Waals surface area (Å²) < 4.78 is 10.4. The van der Waals surface area contributed by atoms with Gasteiger partial charge in [-0.25, -0.2) is 4.79 Å². The van der Waals surface area contributed by atoms with Gasteiger partial charge in [-0.2, -0.15) is 0 Å². The molecule has 0 atom stereocenters. The molecule has 1 aromatic rings. The SMILES string of the molecule is CCc1cccc(OCCNC(=O)NCCOC)c1. The van der Waals surface area contributed by atoms with Crippen molar-refractivity contribution in [1.82, 2.24) is 10.6 Å². The van der Waals surface area contributed by atoms with Crippen LogP contribution < -0.4 is 15.4 Å². The molecule has 0 radical (unpaired) electrons. The van der Waals surface area contributed by atoms with Crippen LogP contribution in [0.5, 0.6) is 5.75 Å². The van der Waals surface area contributed by atoms with E-state index in [-0.39, 0.29) is 6.03 Å². The molecule has 0 saturated carbocycles. The van der Waals surface area contributed by atoms with Crippen LogP contribution in [0.25, 0.3) is 0 Å². The quantitative estimate of drug-likeness (QED) is 0.702. The lowest BCUT2D eigenvalue weighted by Crippen LogP contribution is -2.39. The number of benzene rings is 1. The maximum Gasteiger partial charge on any atom is 0.314 e. The zero-order valence-electron chi connectivity index (χ0n) is 11.6. The first-order chi connectivity index (χ1) is 9.26. The number of methoxy groups -OCH3 is 1. The third-order valence-corrected chi connectivity index (χ3v) is 2.55. The number of hydrogen-bond acceptors (Lipinski definition) is 3. The lowest BCUT2D eigenvalue weighted by Gasteiger charge is -2.09. The first-order valence-electron chi connectivity index (χ1n) is 6.48. The Labute approximate surface area is 114 Å². The van der Waals surface area contributed by atoms with E-state index in [9.17, 15) is 4.79 Å². The number of hydrogen-bond donors (Lipinski definition) is 2. The number of urea groups is 1. The summed E-state index contributed by atoms with van der Waals surface area (Å²) in [6.45, 7) is 4.03. The average molecular weight is 266 g/mol. The number of amides is 2. The van der Waals surface area contributed by atoms with Crippen LogP contribution in [0.1, 0.15) is 12.5 Å². The molecule has 0 fully saturated rings. The summed E-state index contributed by atoms with van der Waals surface area (Å²) in [5, 5.41) is 5.38. The number of carbonyl (C=O) groups is 1. The Balaban J connectivity index is 2.14. The van der Waals surface area contributed by atoms with Crippen molar-refractivity contribution in [3.63, 3.8) is 0 Å². The summed E-state index contributed by atoms with van der Waals surface area (Å²) >= 11 is 0. The zero-order valence-corrected chi connectivity index (χ0v) is 11.6. The molecule has 0 bridgehead atoms. The smallest absolute Gasteiger partial charge is 0.314 e. The topological polar surface area (TPSA) is 59.6 Å². The van der Waals surface area contributed by atoms with Gasteiger partial charge < -0.3 is 20.1 Å². The van der Waals surface area contributed by atoms with E-state index in [2.05, 4.69) is 23.6 Å². The second kappa shape index (κ2) is 9.22. The van der Waals surface area contributed by atoms with Gasteiger partial charge in [0.25, 0.3) is 0 Å². The highest BCUT2D eigenvalue weighted by Crippen LogP contribution is 2.13. The van der Waals surface area contributed by atoms with E-state index in [1.807, 2.05) is 18.2 Å². The van der Waals surface area contributed by atoms with E-state index >= 15 is 0 Å². The third-order valence-electron chi connectivity index (χ3n) is 2.55. The third kappa shape index (κ3) is 6.67. The van der Waals surface area contributed by atoms with Crippen molar-refractivity contribution in [2.24, 2.45) is 0 Å². The Morgan fingerprint density at radius 2 is 1.95 bits per heavy atom. The molecule has 2 amide bonds. The van der Waals surface area contributed by atoms with Gasteiger partial charge in [0, 0.05) is 13.7 Å². The average Bonchev–Trinajstić information content (AvgIpc) is 2.44. The molecule has 1 rings (SSSR count). The van der Waals surface area contributed by atoms with Crippen molar-refractivity contribution in [2.75, 3.05) is 33.4 Å². The fourth-order valence-electron chi connectivity index (χ4n) is 1.52. The summed E-state index contributed by atoms with van der Waals surface area (Å²) in [5.74, 6) is 0.834. The predicted molar refractivity (Wildman–Crippen MR) is 74.6 cm³/mol. The number of carbonyl (C=O) groups excluding carboxylic acids is 1. The molecule has 5 heteroatoms. The standard InChI is InChI=1S/C14H22N2O3/c1-3-12-5-4-6-13(11-12)19-10-8-16-14(17)15-7-9-18-2/h4-6,11H,3,7-10H2,1-2H3,(H2,15,16,17). The van der Waals surface area contributed by atoms with Gasteiger partial charge in [-0.15, -0.1) is 0 Å². The van der Waals surface area contributed by atoms with Crippen LogP contribution in [-0.2, 0) is 11.2 Å². The van der Waals surface area contributed by atoms with E-state index < -0.39 is 0 Å². The number of rotatable bonds is 8. The molecule has 0 aliphatic carbocycles. The van der Waals surface area contributed by atoms with Gasteiger partial charge >= 0.3 is 6.03 Å².